The SMILES string of the molecule is CC(Cl)(Cl)C(=O)N[C@H](CF)[C@@H](O)c1ccc(-c2ccc(CNS(C)(=O)=O)nc2)cc1. The maximum Gasteiger partial charge on any atom is 0.256 e. The largest absolute Gasteiger partial charge is 0.386 e. The third kappa shape index (κ3) is 7.17. The maximum absolute atomic E-state index is 13.3. The average Bonchev–Trinajstić information content (AvgIpc) is 2.69. The summed E-state index contributed by atoms with van der Waals surface area (Å²) < 4.78 is 36.2. The molecule has 1 amide bonds. The molecule has 164 valence electrons. The molecule has 2 aromatic rings. The number of hydrogen-bond acceptors (Lipinski definition) is 5. The molecule has 0 aliphatic rings. The fourth-order valence-electron chi connectivity index (χ4n) is 2.51. The summed E-state index contributed by atoms with van der Waals surface area (Å²) in [5.74, 6) is -0.805. The molecule has 0 spiro atoms. The minimum atomic E-state index is -3.30. The Bertz CT molecular complexity index is 965. The average molecular weight is 478 g/mol. The van der Waals surface area contributed by atoms with Crippen molar-refractivity contribution in [3.8, 4) is 11.1 Å². The van der Waals surface area contributed by atoms with Crippen LogP contribution in [0.25, 0.3) is 11.1 Å². The summed E-state index contributed by atoms with van der Waals surface area (Å²) in [6.45, 7) is 0.327. The molecule has 1 aromatic carbocycles. The van der Waals surface area contributed by atoms with Gasteiger partial charge < -0.3 is 10.4 Å². The molecular formula is C19H22Cl2FN3O4S. The van der Waals surface area contributed by atoms with Gasteiger partial charge in [0.2, 0.25) is 10.0 Å². The summed E-state index contributed by atoms with van der Waals surface area (Å²) in [7, 11) is -3.30. The Morgan fingerprint density at radius 3 is 2.27 bits per heavy atom. The van der Waals surface area contributed by atoms with E-state index in [0.717, 1.165) is 17.4 Å². The third-order valence-electron chi connectivity index (χ3n) is 4.19. The van der Waals surface area contributed by atoms with Crippen LogP contribution < -0.4 is 10.0 Å². The van der Waals surface area contributed by atoms with Gasteiger partial charge in [-0.3, -0.25) is 9.78 Å². The Hall–Kier alpha value is -1.78. The number of rotatable bonds is 9. The van der Waals surface area contributed by atoms with Crippen LogP contribution in [0.4, 0.5) is 4.39 Å². The van der Waals surface area contributed by atoms with Crippen LogP contribution in [0.2, 0.25) is 0 Å². The van der Waals surface area contributed by atoms with Crippen molar-refractivity contribution >= 4 is 39.1 Å². The van der Waals surface area contributed by atoms with Gasteiger partial charge in [-0.1, -0.05) is 53.5 Å². The summed E-state index contributed by atoms with van der Waals surface area (Å²) in [6.07, 6.45) is 1.36. The van der Waals surface area contributed by atoms with Gasteiger partial charge in [0.15, 0.2) is 4.33 Å². The molecule has 3 N–H and O–H groups in total. The lowest BCUT2D eigenvalue weighted by Crippen LogP contribution is -2.46. The molecule has 1 heterocycles. The van der Waals surface area contributed by atoms with Crippen molar-refractivity contribution in [3.05, 3.63) is 53.9 Å². The lowest BCUT2D eigenvalue weighted by atomic mass is 9.99. The number of carbonyl (C=O) groups is 1. The van der Waals surface area contributed by atoms with Crippen molar-refractivity contribution in [1.82, 2.24) is 15.0 Å². The van der Waals surface area contributed by atoms with Gasteiger partial charge in [0.1, 0.15) is 12.8 Å². The first-order chi connectivity index (χ1) is 13.9. The van der Waals surface area contributed by atoms with Crippen molar-refractivity contribution < 1.29 is 22.7 Å². The van der Waals surface area contributed by atoms with Gasteiger partial charge in [-0.25, -0.2) is 17.5 Å². The number of aliphatic hydroxyl groups is 1. The van der Waals surface area contributed by atoms with Crippen LogP contribution >= 0.6 is 23.2 Å². The third-order valence-corrected chi connectivity index (χ3v) is 5.20. The normalized spacial score (nSPS) is 14.2. The number of pyridine rings is 1. The van der Waals surface area contributed by atoms with E-state index in [1.807, 2.05) is 0 Å². The number of nitrogens with zero attached hydrogens (tertiary/aromatic N) is 1. The monoisotopic (exact) mass is 477 g/mol. The minimum Gasteiger partial charge on any atom is -0.386 e. The molecule has 0 aliphatic heterocycles. The van der Waals surface area contributed by atoms with Gasteiger partial charge in [0.05, 0.1) is 24.5 Å². The maximum atomic E-state index is 13.3. The summed E-state index contributed by atoms with van der Waals surface area (Å²) >= 11 is 11.4. The van der Waals surface area contributed by atoms with Gasteiger partial charge in [-0.05, 0) is 24.1 Å². The van der Waals surface area contributed by atoms with Crippen molar-refractivity contribution in [2.75, 3.05) is 12.9 Å². The summed E-state index contributed by atoms with van der Waals surface area (Å²) in [5, 5.41) is 12.7. The van der Waals surface area contributed by atoms with E-state index in [2.05, 4.69) is 15.0 Å². The highest BCUT2D eigenvalue weighted by molar-refractivity contribution is 7.88. The fourth-order valence-corrected chi connectivity index (χ4v) is 3.03. The van der Waals surface area contributed by atoms with Crippen molar-refractivity contribution in [3.63, 3.8) is 0 Å². The van der Waals surface area contributed by atoms with E-state index in [1.54, 1.807) is 42.6 Å². The first kappa shape index (κ1) is 24.5. The molecular weight excluding hydrogens is 456 g/mol. The molecule has 0 fully saturated rings. The number of aliphatic hydroxyl groups excluding tert-OH is 1. The Balaban J connectivity index is 2.09. The van der Waals surface area contributed by atoms with Gasteiger partial charge in [-0.2, -0.15) is 0 Å². The molecule has 0 unspecified atom stereocenters. The number of nitrogens with one attached hydrogen (secondary N) is 2. The molecule has 30 heavy (non-hydrogen) atoms. The van der Waals surface area contributed by atoms with Gasteiger partial charge in [0.25, 0.3) is 5.91 Å². The molecule has 2 atom stereocenters. The van der Waals surface area contributed by atoms with E-state index in [-0.39, 0.29) is 6.54 Å². The van der Waals surface area contributed by atoms with Gasteiger partial charge in [0, 0.05) is 11.8 Å². The summed E-state index contributed by atoms with van der Waals surface area (Å²) in [5.41, 5.74) is 2.52. The van der Waals surface area contributed by atoms with Gasteiger partial charge in [-0.15, -0.1) is 0 Å². The first-order valence-corrected chi connectivity index (χ1v) is 11.5. The molecule has 7 nitrogen and oxygen atoms in total. The van der Waals surface area contributed by atoms with E-state index in [0.29, 0.717) is 11.3 Å². The zero-order valence-electron chi connectivity index (χ0n) is 16.3. The van der Waals surface area contributed by atoms with E-state index in [9.17, 15) is 22.7 Å². The second-order valence-corrected chi connectivity index (χ2v) is 10.4. The van der Waals surface area contributed by atoms with Crippen LogP contribution in [-0.2, 0) is 21.4 Å². The zero-order valence-corrected chi connectivity index (χ0v) is 18.6. The second kappa shape index (κ2) is 10.0. The Labute approximate surface area is 184 Å². The summed E-state index contributed by atoms with van der Waals surface area (Å²) in [4.78, 5) is 16.1. The van der Waals surface area contributed by atoms with Crippen LogP contribution in [0.15, 0.2) is 42.6 Å². The number of benzene rings is 1. The molecule has 0 radical (unpaired) electrons. The number of hydrogen-bond donors (Lipinski definition) is 3. The fraction of sp³-hybridized carbons (Fsp3) is 0.368. The predicted octanol–water partition coefficient (Wildman–Crippen LogP) is 2.48. The standard InChI is InChI=1S/C19H22Cl2FN3O4S/c1-19(20,21)18(27)25-16(9-22)17(26)13-5-3-12(4-6-13)14-7-8-15(23-10-14)11-24-30(2,28)29/h3-8,10,16-17,24,26H,9,11H2,1-2H3,(H,25,27)/t16-,17+/m1/s1. The minimum absolute atomic E-state index is 0.0875. The van der Waals surface area contributed by atoms with Crippen LogP contribution in [-0.4, -0.2) is 47.7 Å². The van der Waals surface area contributed by atoms with Crippen molar-refractivity contribution in [1.29, 1.82) is 0 Å². The topological polar surface area (TPSA) is 108 Å². The van der Waals surface area contributed by atoms with E-state index >= 15 is 0 Å². The molecule has 0 saturated carbocycles. The van der Waals surface area contributed by atoms with Gasteiger partial charge >= 0.3 is 0 Å². The molecule has 0 bridgehead atoms. The molecule has 2 rings (SSSR count). The predicted molar refractivity (Wildman–Crippen MR) is 114 cm³/mol. The molecule has 0 saturated heterocycles. The lowest BCUT2D eigenvalue weighted by molar-refractivity contribution is -0.123. The molecule has 1 aromatic heterocycles. The van der Waals surface area contributed by atoms with E-state index in [1.165, 1.54) is 6.92 Å². The zero-order chi connectivity index (χ0) is 22.5. The van der Waals surface area contributed by atoms with E-state index < -0.39 is 39.1 Å². The highest BCUT2D eigenvalue weighted by Crippen LogP contribution is 2.25. The Kier molecular flexibility index (Phi) is 8.18. The first-order valence-electron chi connectivity index (χ1n) is 8.83. The number of halogens is 3. The molecule has 0 aliphatic carbocycles. The van der Waals surface area contributed by atoms with Crippen molar-refractivity contribution in [2.45, 2.75) is 29.9 Å². The number of sulfonamides is 1. The highest BCUT2D eigenvalue weighted by Gasteiger charge is 2.32. The Morgan fingerprint density at radius 2 is 1.80 bits per heavy atom. The second-order valence-electron chi connectivity index (χ2n) is 6.82. The number of alkyl halides is 3. The van der Waals surface area contributed by atoms with E-state index in [4.69, 9.17) is 23.2 Å². The lowest BCUT2D eigenvalue weighted by Gasteiger charge is -2.24. The van der Waals surface area contributed by atoms with Crippen LogP contribution in [0, 0.1) is 0 Å². The smallest absolute Gasteiger partial charge is 0.256 e. The number of amides is 1. The Morgan fingerprint density at radius 1 is 1.20 bits per heavy atom. The van der Waals surface area contributed by atoms with Crippen LogP contribution in [0.5, 0.6) is 0 Å². The quantitative estimate of drug-likeness (QED) is 0.480. The number of aromatic nitrogens is 1. The summed E-state index contributed by atoms with van der Waals surface area (Å²) in [6, 6.07) is 8.92. The van der Waals surface area contributed by atoms with Crippen LogP contribution in [0.3, 0.4) is 0 Å². The highest BCUT2D eigenvalue weighted by atomic mass is 35.5. The number of carbonyl (C=O) groups excluding carboxylic acids is 1. The van der Waals surface area contributed by atoms with Crippen molar-refractivity contribution in [2.24, 2.45) is 0 Å². The van der Waals surface area contributed by atoms with Crippen LogP contribution in [0.1, 0.15) is 24.3 Å². The molecule has 11 heteroatoms.